The molecule has 1 amide bonds. The van der Waals surface area contributed by atoms with Gasteiger partial charge in [-0.1, -0.05) is 13.0 Å². The predicted molar refractivity (Wildman–Crippen MR) is 73.8 cm³/mol. The molecule has 19 heavy (non-hydrogen) atoms. The first-order valence-corrected chi connectivity index (χ1v) is 6.97. The molecule has 0 bridgehead atoms. The average molecular weight is 285 g/mol. The van der Waals surface area contributed by atoms with E-state index in [0.717, 1.165) is 0 Å². The van der Waals surface area contributed by atoms with Gasteiger partial charge in [-0.25, -0.2) is 4.39 Å². The molecule has 1 rings (SSSR count). The van der Waals surface area contributed by atoms with Crippen LogP contribution in [0.15, 0.2) is 24.3 Å². The monoisotopic (exact) mass is 285 g/mol. The van der Waals surface area contributed by atoms with Crippen LogP contribution in [0, 0.1) is 5.82 Å². The van der Waals surface area contributed by atoms with E-state index < -0.39 is 17.0 Å². The molecule has 0 aliphatic carbocycles. The summed E-state index contributed by atoms with van der Waals surface area (Å²) < 4.78 is 12.9. The maximum atomic E-state index is 12.9. The van der Waals surface area contributed by atoms with E-state index in [1.165, 1.54) is 30.0 Å². The first-order chi connectivity index (χ1) is 9.02. The Morgan fingerprint density at radius 1 is 1.47 bits per heavy atom. The Balaban J connectivity index is 2.34. The Bertz CT molecular complexity index is 453. The second-order valence-corrected chi connectivity index (χ2v) is 5.23. The number of nitrogens with one attached hydrogen (secondary N) is 1. The third-order valence-electron chi connectivity index (χ3n) is 2.40. The number of hydrogen-bond donors (Lipinski definition) is 2. The minimum Gasteiger partial charge on any atom is -0.480 e. The summed E-state index contributed by atoms with van der Waals surface area (Å²) in [6, 6.07) is 5.64. The lowest BCUT2D eigenvalue weighted by Gasteiger charge is -2.09. The number of carbonyl (C=O) groups is 2. The van der Waals surface area contributed by atoms with Crippen molar-refractivity contribution in [2.75, 3.05) is 11.1 Å². The summed E-state index contributed by atoms with van der Waals surface area (Å²) in [4.78, 5) is 22.3. The summed E-state index contributed by atoms with van der Waals surface area (Å²) in [5.74, 6) is -1.10. The van der Waals surface area contributed by atoms with Crippen LogP contribution in [-0.4, -0.2) is 28.0 Å². The van der Waals surface area contributed by atoms with Gasteiger partial charge in [-0.2, -0.15) is 0 Å². The van der Waals surface area contributed by atoms with Gasteiger partial charge in [0.1, 0.15) is 11.1 Å². The van der Waals surface area contributed by atoms with Crippen LogP contribution in [0.5, 0.6) is 0 Å². The number of rotatable bonds is 7. The van der Waals surface area contributed by atoms with Gasteiger partial charge < -0.3 is 10.4 Å². The molecule has 0 saturated carbocycles. The number of hydrogen-bond acceptors (Lipinski definition) is 3. The normalized spacial score (nSPS) is 11.9. The molecule has 0 aliphatic rings. The van der Waals surface area contributed by atoms with Crippen molar-refractivity contribution in [2.24, 2.45) is 0 Å². The largest absolute Gasteiger partial charge is 0.480 e. The van der Waals surface area contributed by atoms with Crippen molar-refractivity contribution in [1.29, 1.82) is 0 Å². The minimum absolute atomic E-state index is 0.199. The Morgan fingerprint density at radius 3 is 2.79 bits per heavy atom. The summed E-state index contributed by atoms with van der Waals surface area (Å²) in [6.45, 7) is 1.79. The molecular weight excluding hydrogens is 269 g/mol. The van der Waals surface area contributed by atoms with E-state index in [4.69, 9.17) is 5.11 Å². The smallest absolute Gasteiger partial charge is 0.316 e. The maximum Gasteiger partial charge on any atom is 0.316 e. The van der Waals surface area contributed by atoms with Crippen LogP contribution < -0.4 is 5.32 Å². The summed E-state index contributed by atoms with van der Waals surface area (Å²) >= 11 is 1.24. The molecule has 0 heterocycles. The highest BCUT2D eigenvalue weighted by Crippen LogP contribution is 2.16. The molecule has 104 valence electrons. The number of carboxylic acids is 1. The summed E-state index contributed by atoms with van der Waals surface area (Å²) in [6.07, 6.45) is 0.719. The zero-order chi connectivity index (χ0) is 14.3. The Morgan fingerprint density at radius 2 is 2.21 bits per heavy atom. The van der Waals surface area contributed by atoms with Crippen molar-refractivity contribution in [3.63, 3.8) is 0 Å². The minimum atomic E-state index is -0.863. The number of amides is 1. The van der Waals surface area contributed by atoms with Crippen LogP contribution in [0.25, 0.3) is 0 Å². The van der Waals surface area contributed by atoms with Crippen LogP contribution in [0.2, 0.25) is 0 Å². The van der Waals surface area contributed by atoms with Gasteiger partial charge >= 0.3 is 5.97 Å². The molecule has 1 atom stereocenters. The molecule has 0 fully saturated rings. The lowest BCUT2D eigenvalue weighted by Crippen LogP contribution is -2.17. The van der Waals surface area contributed by atoms with E-state index in [1.807, 2.05) is 0 Å². The van der Waals surface area contributed by atoms with Gasteiger partial charge in [0.25, 0.3) is 0 Å². The summed E-state index contributed by atoms with van der Waals surface area (Å²) in [7, 11) is 0. The lowest BCUT2D eigenvalue weighted by molar-refractivity contribution is -0.136. The van der Waals surface area contributed by atoms with Crippen LogP contribution in [0.4, 0.5) is 10.1 Å². The van der Waals surface area contributed by atoms with Gasteiger partial charge in [0.15, 0.2) is 0 Å². The fourth-order valence-electron chi connectivity index (χ4n) is 1.45. The zero-order valence-electron chi connectivity index (χ0n) is 10.6. The second kappa shape index (κ2) is 7.78. The fraction of sp³-hybridized carbons (Fsp3) is 0.385. The van der Waals surface area contributed by atoms with E-state index in [1.54, 1.807) is 13.0 Å². The number of anilines is 1. The number of thioether (sulfide) groups is 1. The van der Waals surface area contributed by atoms with Crippen molar-refractivity contribution < 1.29 is 19.1 Å². The molecule has 6 heteroatoms. The van der Waals surface area contributed by atoms with Crippen LogP contribution in [-0.2, 0) is 9.59 Å². The highest BCUT2D eigenvalue weighted by molar-refractivity contribution is 8.00. The molecule has 0 aromatic heterocycles. The summed E-state index contributed by atoms with van der Waals surface area (Å²) in [5.41, 5.74) is 0.403. The molecule has 2 N–H and O–H groups in total. The Labute approximate surface area is 115 Å². The number of carboxylic acid groups (broad SMARTS) is 1. The molecule has 0 radical (unpaired) electrons. The van der Waals surface area contributed by atoms with Crippen molar-refractivity contribution in [2.45, 2.75) is 25.0 Å². The van der Waals surface area contributed by atoms with Gasteiger partial charge in [-0.15, -0.1) is 11.8 Å². The number of aliphatic carboxylic acids is 1. The van der Waals surface area contributed by atoms with E-state index in [-0.39, 0.29) is 12.3 Å². The molecule has 0 aliphatic heterocycles. The number of halogens is 1. The third-order valence-corrected chi connectivity index (χ3v) is 3.78. The highest BCUT2D eigenvalue weighted by Gasteiger charge is 2.15. The van der Waals surface area contributed by atoms with Gasteiger partial charge in [0.2, 0.25) is 5.91 Å². The first-order valence-electron chi connectivity index (χ1n) is 5.92. The molecule has 1 aromatic carbocycles. The summed E-state index contributed by atoms with van der Waals surface area (Å²) in [5, 5.41) is 10.9. The standard InChI is InChI=1S/C13H16FNO3S/c1-2-11(13(17)18)19-7-6-12(16)15-10-5-3-4-9(14)8-10/h3-5,8,11H,2,6-7H2,1H3,(H,15,16)(H,17,18). The first kappa shape index (κ1) is 15.5. The van der Waals surface area contributed by atoms with Crippen molar-refractivity contribution in [1.82, 2.24) is 0 Å². The van der Waals surface area contributed by atoms with Crippen LogP contribution in [0.1, 0.15) is 19.8 Å². The lowest BCUT2D eigenvalue weighted by atomic mass is 10.3. The predicted octanol–water partition coefficient (Wildman–Crippen LogP) is 2.75. The topological polar surface area (TPSA) is 66.4 Å². The number of carbonyl (C=O) groups excluding carboxylic acids is 1. The molecule has 4 nitrogen and oxygen atoms in total. The molecule has 0 saturated heterocycles. The van der Waals surface area contributed by atoms with Gasteiger partial charge in [-0.05, 0) is 24.6 Å². The van der Waals surface area contributed by atoms with E-state index >= 15 is 0 Å². The molecule has 0 spiro atoms. The van der Waals surface area contributed by atoms with Gasteiger partial charge in [-0.3, -0.25) is 9.59 Å². The van der Waals surface area contributed by atoms with Crippen LogP contribution >= 0.6 is 11.8 Å². The van der Waals surface area contributed by atoms with E-state index in [2.05, 4.69) is 5.32 Å². The Kier molecular flexibility index (Phi) is 6.35. The SMILES string of the molecule is CCC(SCCC(=O)Nc1cccc(F)c1)C(=O)O. The molecular formula is C13H16FNO3S. The van der Waals surface area contributed by atoms with Gasteiger partial charge in [0, 0.05) is 17.9 Å². The Hall–Kier alpha value is -1.56. The average Bonchev–Trinajstić information content (AvgIpc) is 2.34. The van der Waals surface area contributed by atoms with E-state index in [0.29, 0.717) is 17.9 Å². The van der Waals surface area contributed by atoms with Crippen LogP contribution in [0.3, 0.4) is 0 Å². The quantitative estimate of drug-likeness (QED) is 0.808. The third kappa shape index (κ3) is 5.74. The number of benzene rings is 1. The van der Waals surface area contributed by atoms with Crippen molar-refractivity contribution >= 4 is 29.3 Å². The fourth-order valence-corrected chi connectivity index (χ4v) is 2.41. The zero-order valence-corrected chi connectivity index (χ0v) is 11.4. The second-order valence-electron chi connectivity index (χ2n) is 3.91. The molecule has 1 aromatic rings. The van der Waals surface area contributed by atoms with Gasteiger partial charge in [0.05, 0.1) is 0 Å². The molecule has 1 unspecified atom stereocenters. The van der Waals surface area contributed by atoms with Crippen molar-refractivity contribution in [3.05, 3.63) is 30.1 Å². The van der Waals surface area contributed by atoms with Crippen molar-refractivity contribution in [3.8, 4) is 0 Å². The van der Waals surface area contributed by atoms with E-state index in [9.17, 15) is 14.0 Å². The highest BCUT2D eigenvalue weighted by atomic mass is 32.2. The maximum absolute atomic E-state index is 12.9.